The molecule has 0 saturated heterocycles. The summed E-state index contributed by atoms with van der Waals surface area (Å²) in [5.74, 6) is 2.42. The minimum absolute atomic E-state index is 0.0301. The molecule has 0 radical (unpaired) electrons. The SMILES string of the molecule is O=[N+]([O-])c1ccc(Oc2ccc3c(c2)OCO3)c(CBr)c1. The molecule has 0 spiro atoms. The number of halogens is 1. The fourth-order valence-corrected chi connectivity index (χ4v) is 2.39. The zero-order valence-electron chi connectivity index (χ0n) is 10.7. The summed E-state index contributed by atoms with van der Waals surface area (Å²) in [6.45, 7) is 0.197. The van der Waals surface area contributed by atoms with E-state index in [9.17, 15) is 10.1 Å². The minimum atomic E-state index is -0.434. The van der Waals surface area contributed by atoms with E-state index in [0.717, 1.165) is 0 Å². The highest BCUT2D eigenvalue weighted by molar-refractivity contribution is 9.08. The lowest BCUT2D eigenvalue weighted by molar-refractivity contribution is -0.384. The molecule has 0 aromatic heterocycles. The van der Waals surface area contributed by atoms with Crippen molar-refractivity contribution in [1.29, 1.82) is 0 Å². The summed E-state index contributed by atoms with van der Waals surface area (Å²) in [6, 6.07) is 9.72. The van der Waals surface area contributed by atoms with Crippen LogP contribution >= 0.6 is 15.9 Å². The van der Waals surface area contributed by atoms with Crippen LogP contribution in [-0.4, -0.2) is 11.7 Å². The Balaban J connectivity index is 1.89. The van der Waals surface area contributed by atoms with Crippen molar-refractivity contribution in [3.8, 4) is 23.0 Å². The van der Waals surface area contributed by atoms with Gasteiger partial charge >= 0.3 is 0 Å². The Morgan fingerprint density at radius 3 is 2.76 bits per heavy atom. The Labute approximate surface area is 128 Å². The summed E-state index contributed by atoms with van der Waals surface area (Å²) in [7, 11) is 0. The van der Waals surface area contributed by atoms with Crippen LogP contribution in [0.4, 0.5) is 5.69 Å². The first-order valence-corrected chi connectivity index (χ1v) is 7.20. The molecule has 0 fully saturated rings. The van der Waals surface area contributed by atoms with Crippen LogP contribution in [0.2, 0.25) is 0 Å². The number of non-ortho nitro benzene ring substituents is 1. The van der Waals surface area contributed by atoms with E-state index in [2.05, 4.69) is 15.9 Å². The third kappa shape index (κ3) is 2.78. The number of alkyl halides is 1. The van der Waals surface area contributed by atoms with Crippen LogP contribution in [0, 0.1) is 10.1 Å². The van der Waals surface area contributed by atoms with Gasteiger partial charge in [0.2, 0.25) is 6.79 Å². The summed E-state index contributed by atoms with van der Waals surface area (Å²) >= 11 is 3.31. The summed E-state index contributed by atoms with van der Waals surface area (Å²) in [5, 5.41) is 11.2. The van der Waals surface area contributed by atoms with Crippen molar-refractivity contribution in [3.05, 3.63) is 52.1 Å². The lowest BCUT2D eigenvalue weighted by Crippen LogP contribution is -1.93. The topological polar surface area (TPSA) is 70.8 Å². The molecule has 6 nitrogen and oxygen atoms in total. The molecule has 1 aliphatic heterocycles. The largest absolute Gasteiger partial charge is 0.457 e. The third-order valence-corrected chi connectivity index (χ3v) is 3.57. The van der Waals surface area contributed by atoms with Crippen molar-refractivity contribution in [2.75, 3.05) is 6.79 Å². The number of fused-ring (bicyclic) bond motifs is 1. The molecule has 108 valence electrons. The van der Waals surface area contributed by atoms with Crippen molar-refractivity contribution in [2.24, 2.45) is 0 Å². The van der Waals surface area contributed by atoms with Crippen LogP contribution in [0.25, 0.3) is 0 Å². The van der Waals surface area contributed by atoms with Gasteiger partial charge in [-0.15, -0.1) is 0 Å². The highest BCUT2D eigenvalue weighted by Gasteiger charge is 2.16. The molecule has 1 aliphatic rings. The molecule has 3 rings (SSSR count). The monoisotopic (exact) mass is 351 g/mol. The molecule has 1 heterocycles. The summed E-state index contributed by atoms with van der Waals surface area (Å²) in [5.41, 5.74) is 0.726. The Hall–Kier alpha value is -2.28. The van der Waals surface area contributed by atoms with Gasteiger partial charge < -0.3 is 14.2 Å². The average molecular weight is 352 g/mol. The fraction of sp³-hybridized carbons (Fsp3) is 0.143. The van der Waals surface area contributed by atoms with Crippen molar-refractivity contribution in [3.63, 3.8) is 0 Å². The molecular formula is C14H10BrNO5. The Morgan fingerprint density at radius 1 is 1.19 bits per heavy atom. The van der Waals surface area contributed by atoms with Gasteiger partial charge in [-0.3, -0.25) is 10.1 Å². The number of nitro groups is 1. The molecule has 2 aromatic carbocycles. The van der Waals surface area contributed by atoms with Gasteiger partial charge in [-0.1, -0.05) is 15.9 Å². The van der Waals surface area contributed by atoms with E-state index in [0.29, 0.717) is 33.9 Å². The van der Waals surface area contributed by atoms with Gasteiger partial charge in [-0.25, -0.2) is 0 Å². The number of hydrogen-bond donors (Lipinski definition) is 0. The van der Waals surface area contributed by atoms with Crippen LogP contribution in [0.3, 0.4) is 0 Å². The molecule has 0 atom stereocenters. The maximum Gasteiger partial charge on any atom is 0.270 e. The maximum atomic E-state index is 10.8. The number of nitro benzene ring substituents is 1. The predicted octanol–water partition coefficient (Wildman–Crippen LogP) is 4.01. The first-order valence-electron chi connectivity index (χ1n) is 6.08. The van der Waals surface area contributed by atoms with Crippen molar-refractivity contribution >= 4 is 21.6 Å². The molecule has 2 aromatic rings. The van der Waals surface area contributed by atoms with Gasteiger partial charge in [-0.05, 0) is 18.2 Å². The van der Waals surface area contributed by atoms with Crippen molar-refractivity contribution in [2.45, 2.75) is 5.33 Å². The number of benzene rings is 2. The average Bonchev–Trinajstić information content (AvgIpc) is 2.95. The van der Waals surface area contributed by atoms with Crippen LogP contribution < -0.4 is 14.2 Å². The smallest absolute Gasteiger partial charge is 0.270 e. The molecule has 21 heavy (non-hydrogen) atoms. The van der Waals surface area contributed by atoms with Crippen molar-refractivity contribution in [1.82, 2.24) is 0 Å². The Morgan fingerprint density at radius 2 is 2.00 bits per heavy atom. The van der Waals surface area contributed by atoms with E-state index in [-0.39, 0.29) is 12.5 Å². The molecule has 0 aliphatic carbocycles. The Bertz CT molecular complexity index is 704. The fourth-order valence-electron chi connectivity index (χ4n) is 1.95. The van der Waals surface area contributed by atoms with Gasteiger partial charge in [0.25, 0.3) is 5.69 Å². The first-order chi connectivity index (χ1) is 10.2. The van der Waals surface area contributed by atoms with Crippen molar-refractivity contribution < 1.29 is 19.1 Å². The zero-order chi connectivity index (χ0) is 14.8. The minimum Gasteiger partial charge on any atom is -0.457 e. The van der Waals surface area contributed by atoms with Gasteiger partial charge in [0, 0.05) is 29.1 Å². The second-order valence-electron chi connectivity index (χ2n) is 4.30. The predicted molar refractivity (Wildman–Crippen MR) is 78.4 cm³/mol. The third-order valence-electron chi connectivity index (χ3n) is 2.97. The number of ether oxygens (including phenoxy) is 3. The Kier molecular flexibility index (Phi) is 3.66. The van der Waals surface area contributed by atoms with E-state index in [4.69, 9.17) is 14.2 Å². The van der Waals surface area contributed by atoms with Crippen LogP contribution in [0.5, 0.6) is 23.0 Å². The molecule has 0 N–H and O–H groups in total. The molecule has 0 amide bonds. The van der Waals surface area contributed by atoms with Crippen LogP contribution in [0.15, 0.2) is 36.4 Å². The van der Waals surface area contributed by atoms with E-state index >= 15 is 0 Å². The second-order valence-corrected chi connectivity index (χ2v) is 4.86. The highest BCUT2D eigenvalue weighted by Crippen LogP contribution is 2.37. The van der Waals surface area contributed by atoms with E-state index in [1.165, 1.54) is 12.1 Å². The molecule has 0 saturated carbocycles. The quantitative estimate of drug-likeness (QED) is 0.472. The molecular weight excluding hydrogens is 342 g/mol. The lowest BCUT2D eigenvalue weighted by atomic mass is 10.2. The van der Waals surface area contributed by atoms with Gasteiger partial charge in [0.05, 0.1) is 4.92 Å². The molecule has 0 bridgehead atoms. The lowest BCUT2D eigenvalue weighted by Gasteiger charge is -2.10. The number of nitrogens with zero attached hydrogens (tertiary/aromatic N) is 1. The molecule has 0 unspecified atom stereocenters. The summed E-state index contributed by atoms with van der Waals surface area (Å²) in [6.07, 6.45) is 0. The van der Waals surface area contributed by atoms with E-state index < -0.39 is 4.92 Å². The summed E-state index contributed by atoms with van der Waals surface area (Å²) < 4.78 is 16.3. The van der Waals surface area contributed by atoms with Gasteiger partial charge in [0.1, 0.15) is 11.5 Å². The second kappa shape index (κ2) is 5.61. The van der Waals surface area contributed by atoms with Gasteiger partial charge in [-0.2, -0.15) is 0 Å². The highest BCUT2D eigenvalue weighted by atomic mass is 79.9. The van der Waals surface area contributed by atoms with Crippen LogP contribution in [0.1, 0.15) is 5.56 Å². The van der Waals surface area contributed by atoms with Crippen LogP contribution in [-0.2, 0) is 5.33 Å². The van der Waals surface area contributed by atoms with E-state index in [1.807, 2.05) is 0 Å². The molecule has 7 heteroatoms. The standard InChI is InChI=1S/C14H10BrNO5/c15-7-9-5-10(16(17)18)1-3-12(9)21-11-2-4-13-14(6-11)20-8-19-13/h1-6H,7-8H2. The first kappa shape index (κ1) is 13.7. The number of hydrogen-bond acceptors (Lipinski definition) is 5. The normalized spacial score (nSPS) is 12.2. The summed E-state index contributed by atoms with van der Waals surface area (Å²) in [4.78, 5) is 10.4. The zero-order valence-corrected chi connectivity index (χ0v) is 12.3. The van der Waals surface area contributed by atoms with E-state index in [1.54, 1.807) is 24.3 Å². The van der Waals surface area contributed by atoms with Gasteiger partial charge in [0.15, 0.2) is 11.5 Å². The maximum absolute atomic E-state index is 10.8. The number of rotatable bonds is 4.